The second kappa shape index (κ2) is 3.62. The quantitative estimate of drug-likeness (QED) is 0.755. The summed E-state index contributed by atoms with van der Waals surface area (Å²) < 4.78 is 0. The molecule has 1 aromatic rings. The molecule has 2 heterocycles. The standard InChI is InChI=1S/C11H14N4/c1-2-4-11-9(3-1)8-15(14-13-11)10-5-6-12-7-10/h1-4,10,12H,5-8H2. The highest BCUT2D eigenvalue weighted by Gasteiger charge is 2.24. The van der Waals surface area contributed by atoms with E-state index in [-0.39, 0.29) is 0 Å². The second-order valence-electron chi connectivity index (χ2n) is 4.06. The van der Waals surface area contributed by atoms with E-state index in [0.717, 1.165) is 25.3 Å². The third kappa shape index (κ3) is 1.61. The van der Waals surface area contributed by atoms with Crippen LogP contribution in [0.4, 0.5) is 5.69 Å². The predicted molar refractivity (Wildman–Crippen MR) is 57.8 cm³/mol. The number of nitrogens with zero attached hydrogens (tertiary/aromatic N) is 3. The summed E-state index contributed by atoms with van der Waals surface area (Å²) in [5.74, 6) is 0. The van der Waals surface area contributed by atoms with Gasteiger partial charge in [0.1, 0.15) is 0 Å². The molecule has 0 aromatic heterocycles. The number of hydrogen-bond donors (Lipinski definition) is 1. The van der Waals surface area contributed by atoms with Crippen LogP contribution in [0.2, 0.25) is 0 Å². The van der Waals surface area contributed by atoms with Crippen molar-refractivity contribution < 1.29 is 0 Å². The minimum Gasteiger partial charge on any atom is -0.315 e. The summed E-state index contributed by atoms with van der Waals surface area (Å²) in [4.78, 5) is 0. The molecule has 2 aliphatic rings. The molecule has 78 valence electrons. The van der Waals surface area contributed by atoms with E-state index < -0.39 is 0 Å². The Balaban J connectivity index is 1.82. The highest BCUT2D eigenvalue weighted by Crippen LogP contribution is 2.27. The molecule has 1 aromatic carbocycles. The fourth-order valence-electron chi connectivity index (χ4n) is 2.15. The van der Waals surface area contributed by atoms with Crippen molar-refractivity contribution in [3.8, 4) is 0 Å². The molecule has 4 heteroatoms. The molecule has 1 N–H and O–H groups in total. The average Bonchev–Trinajstić information content (AvgIpc) is 2.82. The highest BCUT2D eigenvalue weighted by molar-refractivity contribution is 5.45. The van der Waals surface area contributed by atoms with E-state index in [4.69, 9.17) is 0 Å². The first kappa shape index (κ1) is 8.85. The van der Waals surface area contributed by atoms with Gasteiger partial charge in [-0.1, -0.05) is 23.4 Å². The molecule has 0 spiro atoms. The van der Waals surface area contributed by atoms with Crippen molar-refractivity contribution >= 4 is 5.69 Å². The van der Waals surface area contributed by atoms with Crippen LogP contribution in [0.25, 0.3) is 0 Å². The Morgan fingerprint density at radius 2 is 2.27 bits per heavy atom. The van der Waals surface area contributed by atoms with Crippen molar-refractivity contribution in [1.82, 2.24) is 10.3 Å². The van der Waals surface area contributed by atoms with Crippen LogP contribution in [0.15, 0.2) is 34.6 Å². The lowest BCUT2D eigenvalue weighted by Crippen LogP contribution is -2.32. The van der Waals surface area contributed by atoms with Crippen LogP contribution in [-0.4, -0.2) is 24.1 Å². The SMILES string of the molecule is c1ccc2c(c1)CN(C1CCNC1)N=N2. The molecule has 1 unspecified atom stereocenters. The zero-order valence-corrected chi connectivity index (χ0v) is 8.56. The zero-order valence-electron chi connectivity index (χ0n) is 8.56. The van der Waals surface area contributed by atoms with Gasteiger partial charge in [-0.2, -0.15) is 0 Å². The number of rotatable bonds is 1. The van der Waals surface area contributed by atoms with E-state index in [9.17, 15) is 0 Å². The lowest BCUT2D eigenvalue weighted by Gasteiger charge is -2.27. The Kier molecular flexibility index (Phi) is 2.14. The largest absolute Gasteiger partial charge is 0.315 e. The Labute approximate surface area is 89.0 Å². The molecule has 3 rings (SSSR count). The first-order chi connectivity index (χ1) is 7.43. The monoisotopic (exact) mass is 202 g/mol. The molecule has 0 aliphatic carbocycles. The van der Waals surface area contributed by atoms with Crippen molar-refractivity contribution in [1.29, 1.82) is 0 Å². The minimum atomic E-state index is 0.516. The van der Waals surface area contributed by atoms with Crippen LogP contribution in [0.1, 0.15) is 12.0 Å². The molecule has 1 saturated heterocycles. The van der Waals surface area contributed by atoms with E-state index in [1.807, 2.05) is 12.1 Å². The summed E-state index contributed by atoms with van der Waals surface area (Å²) in [6, 6.07) is 8.73. The summed E-state index contributed by atoms with van der Waals surface area (Å²) in [5.41, 5.74) is 2.29. The van der Waals surface area contributed by atoms with E-state index in [2.05, 4.69) is 32.8 Å². The van der Waals surface area contributed by atoms with Gasteiger partial charge in [0, 0.05) is 12.1 Å². The summed E-state index contributed by atoms with van der Waals surface area (Å²) >= 11 is 0. The lowest BCUT2D eigenvalue weighted by molar-refractivity contribution is 0.187. The lowest BCUT2D eigenvalue weighted by atomic mass is 10.1. The zero-order chi connectivity index (χ0) is 10.1. The van der Waals surface area contributed by atoms with Crippen LogP contribution < -0.4 is 5.32 Å². The molecule has 0 amide bonds. The topological polar surface area (TPSA) is 40.0 Å². The maximum absolute atomic E-state index is 4.27. The first-order valence-electron chi connectivity index (χ1n) is 5.40. The van der Waals surface area contributed by atoms with Gasteiger partial charge in [0.05, 0.1) is 18.3 Å². The number of hydrogen-bond acceptors (Lipinski definition) is 4. The summed E-state index contributed by atoms with van der Waals surface area (Å²) in [5, 5.41) is 14.0. The van der Waals surface area contributed by atoms with Gasteiger partial charge in [0.15, 0.2) is 0 Å². The summed E-state index contributed by atoms with van der Waals surface area (Å²) in [6.45, 7) is 3.02. The van der Waals surface area contributed by atoms with Crippen molar-refractivity contribution in [3.05, 3.63) is 29.8 Å². The Hall–Kier alpha value is -1.42. The summed E-state index contributed by atoms with van der Waals surface area (Å²) in [7, 11) is 0. The fourth-order valence-corrected chi connectivity index (χ4v) is 2.15. The molecule has 0 bridgehead atoms. The van der Waals surface area contributed by atoms with Crippen LogP contribution in [0.3, 0.4) is 0 Å². The molecule has 0 saturated carbocycles. The Morgan fingerprint density at radius 1 is 1.33 bits per heavy atom. The predicted octanol–water partition coefficient (Wildman–Crippen LogP) is 1.86. The van der Waals surface area contributed by atoms with Gasteiger partial charge in [-0.05, 0) is 19.0 Å². The molecule has 0 radical (unpaired) electrons. The molecule has 1 fully saturated rings. The number of fused-ring (bicyclic) bond motifs is 1. The number of benzene rings is 1. The molecule has 15 heavy (non-hydrogen) atoms. The van der Waals surface area contributed by atoms with E-state index in [1.165, 1.54) is 12.0 Å². The van der Waals surface area contributed by atoms with Gasteiger partial charge in [0.2, 0.25) is 0 Å². The normalized spacial score (nSPS) is 24.3. The van der Waals surface area contributed by atoms with Gasteiger partial charge in [0.25, 0.3) is 0 Å². The van der Waals surface area contributed by atoms with Crippen molar-refractivity contribution in [2.24, 2.45) is 10.3 Å². The summed E-state index contributed by atoms with van der Waals surface area (Å²) in [6.07, 6.45) is 1.17. The van der Waals surface area contributed by atoms with Crippen LogP contribution in [-0.2, 0) is 6.54 Å². The Bertz CT molecular complexity index is 382. The van der Waals surface area contributed by atoms with Crippen LogP contribution in [0, 0.1) is 0 Å². The fraction of sp³-hybridized carbons (Fsp3) is 0.455. The average molecular weight is 202 g/mol. The Morgan fingerprint density at radius 3 is 3.13 bits per heavy atom. The van der Waals surface area contributed by atoms with E-state index >= 15 is 0 Å². The van der Waals surface area contributed by atoms with Crippen LogP contribution in [0.5, 0.6) is 0 Å². The second-order valence-corrected chi connectivity index (χ2v) is 4.06. The number of nitrogens with one attached hydrogen (secondary N) is 1. The van der Waals surface area contributed by atoms with Crippen molar-refractivity contribution in [3.63, 3.8) is 0 Å². The highest BCUT2D eigenvalue weighted by atomic mass is 15.6. The third-order valence-corrected chi connectivity index (χ3v) is 3.05. The van der Waals surface area contributed by atoms with Crippen LogP contribution >= 0.6 is 0 Å². The smallest absolute Gasteiger partial charge is 0.0924 e. The molecule has 4 nitrogen and oxygen atoms in total. The molecule has 2 aliphatic heterocycles. The van der Waals surface area contributed by atoms with Gasteiger partial charge in [-0.3, -0.25) is 5.01 Å². The molecular weight excluding hydrogens is 188 g/mol. The van der Waals surface area contributed by atoms with E-state index in [0.29, 0.717) is 6.04 Å². The van der Waals surface area contributed by atoms with Crippen molar-refractivity contribution in [2.75, 3.05) is 13.1 Å². The first-order valence-corrected chi connectivity index (χ1v) is 5.40. The van der Waals surface area contributed by atoms with Gasteiger partial charge < -0.3 is 5.32 Å². The van der Waals surface area contributed by atoms with E-state index in [1.54, 1.807) is 0 Å². The van der Waals surface area contributed by atoms with Gasteiger partial charge in [-0.15, -0.1) is 5.11 Å². The maximum atomic E-state index is 4.27. The minimum absolute atomic E-state index is 0.516. The maximum Gasteiger partial charge on any atom is 0.0924 e. The molecule has 1 atom stereocenters. The third-order valence-electron chi connectivity index (χ3n) is 3.05. The van der Waals surface area contributed by atoms with Crippen molar-refractivity contribution in [2.45, 2.75) is 19.0 Å². The van der Waals surface area contributed by atoms with Gasteiger partial charge >= 0.3 is 0 Å². The molecular formula is C11H14N4. The van der Waals surface area contributed by atoms with Gasteiger partial charge in [-0.25, -0.2) is 0 Å².